The Hall–Kier alpha value is -7.41. The van der Waals surface area contributed by atoms with Gasteiger partial charge in [-0.3, -0.25) is 0 Å². The number of furan rings is 1. The van der Waals surface area contributed by atoms with Crippen molar-refractivity contribution in [3.63, 3.8) is 0 Å². The van der Waals surface area contributed by atoms with Gasteiger partial charge in [0, 0.05) is 64.1 Å². The van der Waals surface area contributed by atoms with Gasteiger partial charge in [0.1, 0.15) is 11.2 Å². The van der Waals surface area contributed by atoms with Crippen molar-refractivity contribution in [2.75, 3.05) is 0 Å². The first-order chi connectivity index (χ1) is 28.2. The molecule has 4 aromatic heterocycles. The van der Waals surface area contributed by atoms with E-state index in [4.69, 9.17) is 19.4 Å². The molecule has 0 aliphatic carbocycles. The van der Waals surface area contributed by atoms with Crippen LogP contribution in [-0.2, 0) is 0 Å². The molecule has 12 aromatic rings. The van der Waals surface area contributed by atoms with Gasteiger partial charge in [-0.25, -0.2) is 15.0 Å². The van der Waals surface area contributed by atoms with E-state index in [0.717, 1.165) is 55.4 Å². The second-order valence-electron chi connectivity index (χ2n) is 14.4. The topological polar surface area (TPSA) is 56.7 Å². The third-order valence-electron chi connectivity index (χ3n) is 11.1. The minimum Gasteiger partial charge on any atom is -0.456 e. The molecule has 0 radical (unpaired) electrons. The van der Waals surface area contributed by atoms with Gasteiger partial charge in [-0.1, -0.05) is 121 Å². The van der Waals surface area contributed by atoms with Crippen LogP contribution in [0.1, 0.15) is 0 Å². The summed E-state index contributed by atoms with van der Waals surface area (Å²) in [5.74, 6) is 1.86. The molecule has 12 rings (SSSR count). The zero-order valence-electron chi connectivity index (χ0n) is 30.4. The summed E-state index contributed by atoms with van der Waals surface area (Å²) < 4.78 is 11.5. The summed E-state index contributed by atoms with van der Waals surface area (Å²) in [5, 5.41) is 7.08. The van der Waals surface area contributed by atoms with Gasteiger partial charge < -0.3 is 8.98 Å². The highest BCUT2D eigenvalue weighted by Crippen LogP contribution is 2.41. The maximum absolute atomic E-state index is 6.63. The zero-order valence-corrected chi connectivity index (χ0v) is 31.2. The fraction of sp³-hybridized carbons (Fsp3) is 0. The molecule has 57 heavy (non-hydrogen) atoms. The average molecular weight is 747 g/mol. The van der Waals surface area contributed by atoms with Crippen LogP contribution in [0.2, 0.25) is 0 Å². The number of benzene rings is 8. The molecule has 6 heteroatoms. The van der Waals surface area contributed by atoms with Crippen molar-refractivity contribution in [1.82, 2.24) is 19.5 Å². The van der Waals surface area contributed by atoms with Gasteiger partial charge >= 0.3 is 0 Å². The lowest BCUT2D eigenvalue weighted by molar-refractivity contribution is 0.669. The van der Waals surface area contributed by atoms with Crippen LogP contribution in [-0.4, -0.2) is 19.5 Å². The molecule has 0 aliphatic rings. The highest BCUT2D eigenvalue weighted by molar-refractivity contribution is 7.25. The molecule has 0 aliphatic heterocycles. The van der Waals surface area contributed by atoms with Crippen molar-refractivity contribution < 1.29 is 4.42 Å². The highest BCUT2D eigenvalue weighted by atomic mass is 32.1. The number of para-hydroxylation sites is 2. The van der Waals surface area contributed by atoms with Crippen LogP contribution in [0.4, 0.5) is 0 Å². The molecule has 0 saturated heterocycles. The van der Waals surface area contributed by atoms with E-state index in [0.29, 0.717) is 17.5 Å². The standard InChI is InChI=1S/C51H30N4OS/c1-3-12-31(13-4-1)49-52-50(54-51(53-49)34-22-25-39-38-17-8-10-21-46(38)57-47(39)30-34)33-23-26-40-45(29-33)56-44-20-11-18-36(48(40)44)32-24-27-43-41(28-32)37-16-7-9-19-42(37)55(43)35-14-5-2-6-15-35/h1-30H. The van der Waals surface area contributed by atoms with Gasteiger partial charge in [-0.2, -0.15) is 0 Å². The van der Waals surface area contributed by atoms with Gasteiger partial charge in [0.15, 0.2) is 17.5 Å². The summed E-state index contributed by atoms with van der Waals surface area (Å²) in [6.45, 7) is 0. The smallest absolute Gasteiger partial charge is 0.164 e. The Kier molecular flexibility index (Phi) is 7.03. The molecular weight excluding hydrogens is 717 g/mol. The number of hydrogen-bond donors (Lipinski definition) is 0. The van der Waals surface area contributed by atoms with Crippen LogP contribution in [0.3, 0.4) is 0 Å². The number of thiophene rings is 1. The predicted octanol–water partition coefficient (Wildman–Crippen LogP) is 13.9. The van der Waals surface area contributed by atoms with E-state index < -0.39 is 0 Å². The first-order valence-corrected chi connectivity index (χ1v) is 19.8. The first-order valence-electron chi connectivity index (χ1n) is 19.0. The predicted molar refractivity (Wildman–Crippen MR) is 236 cm³/mol. The number of hydrogen-bond acceptors (Lipinski definition) is 5. The van der Waals surface area contributed by atoms with E-state index in [-0.39, 0.29) is 0 Å². The third kappa shape index (κ3) is 5.12. The summed E-state index contributed by atoms with van der Waals surface area (Å²) in [5.41, 5.74) is 10.1. The molecule has 0 N–H and O–H groups in total. The highest BCUT2D eigenvalue weighted by Gasteiger charge is 2.19. The number of aromatic nitrogens is 4. The second-order valence-corrected chi connectivity index (χ2v) is 15.5. The fourth-order valence-electron chi connectivity index (χ4n) is 8.42. The Balaban J connectivity index is 0.997. The normalized spacial score (nSPS) is 11.9. The van der Waals surface area contributed by atoms with E-state index in [2.05, 4.69) is 156 Å². The number of fused-ring (bicyclic) bond motifs is 9. The lowest BCUT2D eigenvalue weighted by Crippen LogP contribution is -2.00. The lowest BCUT2D eigenvalue weighted by atomic mass is 9.97. The molecule has 0 fully saturated rings. The Morgan fingerprint density at radius 1 is 0.386 bits per heavy atom. The van der Waals surface area contributed by atoms with E-state index >= 15 is 0 Å². The van der Waals surface area contributed by atoms with Crippen molar-refractivity contribution in [2.45, 2.75) is 0 Å². The molecule has 5 nitrogen and oxygen atoms in total. The molecule has 8 aromatic carbocycles. The minimum atomic E-state index is 0.595. The minimum absolute atomic E-state index is 0.595. The molecule has 0 saturated carbocycles. The van der Waals surface area contributed by atoms with Crippen LogP contribution < -0.4 is 0 Å². The maximum Gasteiger partial charge on any atom is 0.164 e. The molecule has 266 valence electrons. The van der Waals surface area contributed by atoms with Crippen LogP contribution in [0, 0.1) is 0 Å². The van der Waals surface area contributed by atoms with Crippen LogP contribution in [0.25, 0.3) is 115 Å². The van der Waals surface area contributed by atoms with Gasteiger partial charge in [-0.05, 0) is 71.8 Å². The van der Waals surface area contributed by atoms with E-state index in [1.54, 1.807) is 11.3 Å². The van der Waals surface area contributed by atoms with Crippen molar-refractivity contribution in [1.29, 1.82) is 0 Å². The number of nitrogens with zero attached hydrogens (tertiary/aromatic N) is 4. The van der Waals surface area contributed by atoms with Crippen molar-refractivity contribution in [3.05, 3.63) is 182 Å². The third-order valence-corrected chi connectivity index (χ3v) is 12.2. The van der Waals surface area contributed by atoms with E-state index in [1.165, 1.54) is 42.0 Å². The molecule has 0 atom stereocenters. The maximum atomic E-state index is 6.63. The van der Waals surface area contributed by atoms with Crippen LogP contribution >= 0.6 is 11.3 Å². The van der Waals surface area contributed by atoms with Crippen molar-refractivity contribution >= 4 is 75.3 Å². The fourth-order valence-corrected chi connectivity index (χ4v) is 9.56. The Bertz CT molecular complexity index is 3530. The SMILES string of the molecule is c1ccc(-c2nc(-c3ccc4c(c3)oc3cccc(-c5ccc6c(c5)c5ccccc5n6-c5ccccc5)c34)nc(-c3ccc4c(c3)sc3ccccc34)n2)cc1. The van der Waals surface area contributed by atoms with Gasteiger partial charge in [0.2, 0.25) is 0 Å². The summed E-state index contributed by atoms with van der Waals surface area (Å²) in [6.07, 6.45) is 0. The zero-order chi connectivity index (χ0) is 37.5. The Morgan fingerprint density at radius 3 is 1.84 bits per heavy atom. The van der Waals surface area contributed by atoms with Gasteiger partial charge in [-0.15, -0.1) is 11.3 Å². The summed E-state index contributed by atoms with van der Waals surface area (Å²) >= 11 is 1.79. The molecule has 0 amide bonds. The van der Waals surface area contributed by atoms with Gasteiger partial charge in [0.05, 0.1) is 11.0 Å². The van der Waals surface area contributed by atoms with E-state index in [1.807, 2.05) is 30.3 Å². The monoisotopic (exact) mass is 746 g/mol. The number of rotatable bonds is 5. The quantitative estimate of drug-likeness (QED) is 0.176. The Labute approximate surface area is 330 Å². The largest absolute Gasteiger partial charge is 0.456 e. The molecular formula is C51H30N4OS. The Morgan fingerprint density at radius 2 is 1.02 bits per heavy atom. The summed E-state index contributed by atoms with van der Waals surface area (Å²) in [6, 6.07) is 63.8. The summed E-state index contributed by atoms with van der Waals surface area (Å²) in [4.78, 5) is 15.2. The molecule has 0 spiro atoms. The molecule has 0 unspecified atom stereocenters. The first kappa shape index (κ1) is 31.9. The van der Waals surface area contributed by atoms with Crippen LogP contribution in [0.15, 0.2) is 186 Å². The molecule has 0 bridgehead atoms. The lowest BCUT2D eigenvalue weighted by Gasteiger charge is -2.09. The van der Waals surface area contributed by atoms with Crippen LogP contribution in [0.5, 0.6) is 0 Å². The van der Waals surface area contributed by atoms with Gasteiger partial charge in [0.25, 0.3) is 0 Å². The van der Waals surface area contributed by atoms with Crippen molar-refractivity contribution in [3.8, 4) is 51.0 Å². The molecule has 4 heterocycles. The van der Waals surface area contributed by atoms with Crippen molar-refractivity contribution in [2.24, 2.45) is 0 Å². The average Bonchev–Trinajstić information content (AvgIpc) is 3.95. The van der Waals surface area contributed by atoms with E-state index in [9.17, 15) is 0 Å². The summed E-state index contributed by atoms with van der Waals surface area (Å²) in [7, 11) is 0. The second kappa shape index (κ2) is 12.6.